The second kappa shape index (κ2) is 6.57. The molecule has 4 rings (SSSR count). The summed E-state index contributed by atoms with van der Waals surface area (Å²) in [5.41, 5.74) is 9.30. The van der Waals surface area contributed by atoms with Crippen LogP contribution >= 0.6 is 0 Å². The number of ketones is 1. The SMILES string of the molecule is CC(=O)c1nc(C(=O)NCc2ccc(N)cc2)cc2c1[nH]c1ccccc12. The number of carbonyl (C=O) groups is 2. The number of aromatic amines is 1. The molecule has 134 valence electrons. The van der Waals surface area contributed by atoms with Gasteiger partial charge in [-0.1, -0.05) is 30.3 Å². The summed E-state index contributed by atoms with van der Waals surface area (Å²) in [6, 6.07) is 16.7. The van der Waals surface area contributed by atoms with Crippen LogP contribution in [0, 0.1) is 0 Å². The highest BCUT2D eigenvalue weighted by Crippen LogP contribution is 2.27. The van der Waals surface area contributed by atoms with E-state index in [0.29, 0.717) is 17.7 Å². The second-order valence-electron chi connectivity index (χ2n) is 6.43. The molecule has 0 bridgehead atoms. The maximum atomic E-state index is 12.6. The van der Waals surface area contributed by atoms with E-state index < -0.39 is 0 Å². The predicted octanol–water partition coefficient (Wildman–Crippen LogP) is 3.43. The lowest BCUT2D eigenvalue weighted by Gasteiger charge is -2.07. The Labute approximate surface area is 155 Å². The summed E-state index contributed by atoms with van der Waals surface area (Å²) in [5, 5.41) is 4.60. The molecular formula is C21H18N4O2. The number of Topliss-reactive ketones (excluding diaryl/α,β-unsaturated/α-hetero) is 1. The highest BCUT2D eigenvalue weighted by atomic mass is 16.2. The molecule has 4 N–H and O–H groups in total. The predicted molar refractivity (Wildman–Crippen MR) is 106 cm³/mol. The van der Waals surface area contributed by atoms with Crippen LogP contribution in [0.3, 0.4) is 0 Å². The van der Waals surface area contributed by atoms with Crippen LogP contribution in [0.15, 0.2) is 54.6 Å². The highest BCUT2D eigenvalue weighted by Gasteiger charge is 2.17. The molecule has 2 aromatic carbocycles. The number of anilines is 1. The summed E-state index contributed by atoms with van der Waals surface area (Å²) < 4.78 is 0. The van der Waals surface area contributed by atoms with E-state index in [-0.39, 0.29) is 23.1 Å². The average molecular weight is 358 g/mol. The summed E-state index contributed by atoms with van der Waals surface area (Å²) in [4.78, 5) is 32.3. The molecule has 0 saturated carbocycles. The molecule has 0 saturated heterocycles. The van der Waals surface area contributed by atoms with Crippen molar-refractivity contribution in [3.05, 3.63) is 71.5 Å². The van der Waals surface area contributed by atoms with Crippen molar-refractivity contribution >= 4 is 39.2 Å². The zero-order valence-corrected chi connectivity index (χ0v) is 14.7. The molecule has 27 heavy (non-hydrogen) atoms. The highest BCUT2D eigenvalue weighted by molar-refractivity contribution is 6.15. The average Bonchev–Trinajstić information content (AvgIpc) is 3.05. The zero-order valence-electron chi connectivity index (χ0n) is 14.7. The van der Waals surface area contributed by atoms with E-state index in [1.54, 1.807) is 18.2 Å². The van der Waals surface area contributed by atoms with Gasteiger partial charge in [0.05, 0.1) is 5.52 Å². The third-order valence-electron chi connectivity index (χ3n) is 4.50. The van der Waals surface area contributed by atoms with Crippen LogP contribution < -0.4 is 11.1 Å². The summed E-state index contributed by atoms with van der Waals surface area (Å²) in [6.45, 7) is 1.80. The van der Waals surface area contributed by atoms with E-state index in [1.807, 2.05) is 36.4 Å². The van der Waals surface area contributed by atoms with Crippen molar-refractivity contribution in [2.45, 2.75) is 13.5 Å². The van der Waals surface area contributed by atoms with Crippen LogP contribution in [0.25, 0.3) is 21.8 Å². The first-order valence-corrected chi connectivity index (χ1v) is 8.58. The van der Waals surface area contributed by atoms with Crippen LogP contribution in [0.5, 0.6) is 0 Å². The molecule has 0 aliphatic carbocycles. The van der Waals surface area contributed by atoms with Crippen LogP contribution in [0.2, 0.25) is 0 Å². The van der Waals surface area contributed by atoms with E-state index >= 15 is 0 Å². The number of nitrogens with two attached hydrogens (primary N) is 1. The van der Waals surface area contributed by atoms with Crippen molar-refractivity contribution in [1.82, 2.24) is 15.3 Å². The van der Waals surface area contributed by atoms with Gasteiger partial charge in [0.25, 0.3) is 5.91 Å². The fourth-order valence-corrected chi connectivity index (χ4v) is 3.13. The van der Waals surface area contributed by atoms with Crippen LogP contribution in [-0.4, -0.2) is 21.7 Å². The van der Waals surface area contributed by atoms with Crippen molar-refractivity contribution in [2.24, 2.45) is 0 Å². The number of rotatable bonds is 4. The van der Waals surface area contributed by atoms with Gasteiger partial charge in [0.1, 0.15) is 11.4 Å². The maximum Gasteiger partial charge on any atom is 0.270 e. The Kier molecular flexibility index (Phi) is 4.08. The summed E-state index contributed by atoms with van der Waals surface area (Å²) in [6.07, 6.45) is 0. The van der Waals surface area contributed by atoms with E-state index in [9.17, 15) is 9.59 Å². The molecule has 0 spiro atoms. The Morgan fingerprint density at radius 3 is 2.56 bits per heavy atom. The number of nitrogens with zero attached hydrogens (tertiary/aromatic N) is 1. The third kappa shape index (κ3) is 3.13. The minimum absolute atomic E-state index is 0.195. The Morgan fingerprint density at radius 2 is 1.81 bits per heavy atom. The number of nitrogen functional groups attached to an aromatic ring is 1. The number of carbonyl (C=O) groups excluding carboxylic acids is 2. The molecule has 2 heterocycles. The van der Waals surface area contributed by atoms with E-state index in [4.69, 9.17) is 5.73 Å². The van der Waals surface area contributed by atoms with Gasteiger partial charge in [-0.2, -0.15) is 0 Å². The third-order valence-corrected chi connectivity index (χ3v) is 4.50. The summed E-state index contributed by atoms with van der Waals surface area (Å²) >= 11 is 0. The van der Waals surface area contributed by atoms with Gasteiger partial charge in [-0.15, -0.1) is 0 Å². The lowest BCUT2D eigenvalue weighted by atomic mass is 10.1. The van der Waals surface area contributed by atoms with Crippen molar-refractivity contribution in [3.8, 4) is 0 Å². The molecule has 6 nitrogen and oxygen atoms in total. The first kappa shape index (κ1) is 16.8. The molecule has 0 aliphatic rings. The second-order valence-corrected chi connectivity index (χ2v) is 6.43. The van der Waals surface area contributed by atoms with Crippen molar-refractivity contribution in [2.75, 3.05) is 5.73 Å². The number of nitrogens with one attached hydrogen (secondary N) is 2. The van der Waals surface area contributed by atoms with Crippen LogP contribution in [0.4, 0.5) is 5.69 Å². The van der Waals surface area contributed by atoms with Gasteiger partial charge in [0.15, 0.2) is 5.78 Å². The van der Waals surface area contributed by atoms with Crippen LogP contribution in [0.1, 0.15) is 33.5 Å². The molecule has 0 aliphatic heterocycles. The molecular weight excluding hydrogens is 340 g/mol. The fraction of sp³-hybridized carbons (Fsp3) is 0.0952. The molecule has 2 aromatic heterocycles. The number of pyridine rings is 1. The van der Waals surface area contributed by atoms with Gasteiger partial charge >= 0.3 is 0 Å². The number of para-hydroxylation sites is 1. The summed E-state index contributed by atoms with van der Waals surface area (Å²) in [7, 11) is 0. The molecule has 0 unspecified atom stereocenters. The number of hydrogen-bond acceptors (Lipinski definition) is 4. The number of hydrogen-bond donors (Lipinski definition) is 3. The van der Waals surface area contributed by atoms with Gasteiger partial charge in [0.2, 0.25) is 0 Å². The molecule has 6 heteroatoms. The smallest absolute Gasteiger partial charge is 0.270 e. The van der Waals surface area contributed by atoms with Gasteiger partial charge in [0, 0.05) is 35.4 Å². The zero-order chi connectivity index (χ0) is 19.0. The lowest BCUT2D eigenvalue weighted by molar-refractivity contribution is 0.0946. The Hall–Kier alpha value is -3.67. The van der Waals surface area contributed by atoms with Gasteiger partial charge in [-0.3, -0.25) is 9.59 Å². The molecule has 0 fully saturated rings. The number of H-pyrrole nitrogens is 1. The minimum Gasteiger partial charge on any atom is -0.399 e. The Bertz CT molecular complexity index is 1180. The monoisotopic (exact) mass is 358 g/mol. The quantitative estimate of drug-likeness (QED) is 0.384. The first-order valence-electron chi connectivity index (χ1n) is 8.58. The van der Waals surface area contributed by atoms with Crippen molar-refractivity contribution < 1.29 is 9.59 Å². The summed E-state index contributed by atoms with van der Waals surface area (Å²) in [5.74, 6) is -0.527. The van der Waals surface area contributed by atoms with E-state index in [1.165, 1.54) is 6.92 Å². The van der Waals surface area contributed by atoms with Gasteiger partial charge in [-0.05, 0) is 29.8 Å². The Balaban J connectivity index is 1.72. The minimum atomic E-state index is -0.332. The topological polar surface area (TPSA) is 101 Å². The normalized spacial score (nSPS) is 11.0. The lowest BCUT2D eigenvalue weighted by Crippen LogP contribution is -2.24. The Morgan fingerprint density at radius 1 is 1.07 bits per heavy atom. The maximum absolute atomic E-state index is 12.6. The fourth-order valence-electron chi connectivity index (χ4n) is 3.13. The van der Waals surface area contributed by atoms with E-state index in [2.05, 4.69) is 15.3 Å². The first-order chi connectivity index (χ1) is 13.0. The molecule has 0 atom stereocenters. The van der Waals surface area contributed by atoms with E-state index in [0.717, 1.165) is 21.9 Å². The number of fused-ring (bicyclic) bond motifs is 3. The number of benzene rings is 2. The van der Waals surface area contributed by atoms with Crippen molar-refractivity contribution in [1.29, 1.82) is 0 Å². The number of amides is 1. The van der Waals surface area contributed by atoms with Gasteiger partial charge in [-0.25, -0.2) is 4.98 Å². The number of aromatic nitrogens is 2. The van der Waals surface area contributed by atoms with Crippen molar-refractivity contribution in [3.63, 3.8) is 0 Å². The van der Waals surface area contributed by atoms with Crippen LogP contribution in [-0.2, 0) is 6.54 Å². The molecule has 0 radical (unpaired) electrons. The van der Waals surface area contributed by atoms with Gasteiger partial charge < -0.3 is 16.0 Å². The standard InChI is InChI=1S/C21H18N4O2/c1-12(26)19-20-16(15-4-2-3-5-17(15)24-20)10-18(25-19)21(27)23-11-13-6-8-14(22)9-7-13/h2-10,24H,11,22H2,1H3,(H,23,27). The molecule has 1 amide bonds. The molecule has 4 aromatic rings. The largest absolute Gasteiger partial charge is 0.399 e.